The van der Waals surface area contributed by atoms with Crippen molar-refractivity contribution in [2.75, 3.05) is 6.54 Å². The summed E-state index contributed by atoms with van der Waals surface area (Å²) in [6.07, 6.45) is 3.68. The molecule has 0 aromatic heterocycles. The average Bonchev–Trinajstić information content (AvgIpc) is 2.75. The molecule has 1 aromatic rings. The van der Waals surface area contributed by atoms with Crippen LogP contribution in [0.25, 0.3) is 0 Å². The highest BCUT2D eigenvalue weighted by atomic mass is 79.9. The molecule has 0 radical (unpaired) electrons. The summed E-state index contributed by atoms with van der Waals surface area (Å²) < 4.78 is 0.981. The molecule has 0 spiro atoms. The lowest BCUT2D eigenvalue weighted by molar-refractivity contribution is 0.0948. The number of carbonyl (C=O) groups is 1. The molecule has 1 amide bonds. The summed E-state index contributed by atoms with van der Waals surface area (Å²) >= 11 is 7.13. The second-order valence-electron chi connectivity index (χ2n) is 4.88. The minimum atomic E-state index is 0.0160. The molecule has 1 N–H and O–H groups in total. The molecular weight excluding hydrogens is 358 g/mol. The molecule has 0 bridgehead atoms. The quantitative estimate of drug-likeness (QED) is 0.794. The minimum Gasteiger partial charge on any atom is -0.352 e. The zero-order chi connectivity index (χ0) is 13.1. The van der Waals surface area contributed by atoms with Crippen LogP contribution in [0.5, 0.6) is 0 Å². The van der Waals surface area contributed by atoms with Crippen molar-refractivity contribution in [1.82, 2.24) is 5.32 Å². The number of halogens is 2. The molecular formula is C14H17Br2NO. The van der Waals surface area contributed by atoms with Gasteiger partial charge < -0.3 is 5.32 Å². The van der Waals surface area contributed by atoms with Gasteiger partial charge in [0.05, 0.1) is 0 Å². The van der Waals surface area contributed by atoms with E-state index in [-0.39, 0.29) is 5.91 Å². The molecule has 2 unspecified atom stereocenters. The first-order valence-electron chi connectivity index (χ1n) is 6.26. The first-order valence-corrected chi connectivity index (χ1v) is 7.97. The maximum absolute atomic E-state index is 12.0. The van der Waals surface area contributed by atoms with Crippen LogP contribution < -0.4 is 5.32 Å². The number of benzene rings is 1. The Morgan fingerprint density at radius 2 is 2.22 bits per heavy atom. The third-order valence-electron chi connectivity index (χ3n) is 3.53. The van der Waals surface area contributed by atoms with Gasteiger partial charge in [-0.15, -0.1) is 0 Å². The summed E-state index contributed by atoms with van der Waals surface area (Å²) in [5, 5.41) is 3.03. The highest BCUT2D eigenvalue weighted by molar-refractivity contribution is 9.10. The van der Waals surface area contributed by atoms with Gasteiger partial charge in [-0.25, -0.2) is 0 Å². The van der Waals surface area contributed by atoms with Crippen molar-refractivity contribution >= 4 is 37.8 Å². The third-order valence-corrected chi connectivity index (χ3v) is 5.58. The lowest BCUT2D eigenvalue weighted by Crippen LogP contribution is -2.30. The van der Waals surface area contributed by atoms with Crippen molar-refractivity contribution < 1.29 is 4.79 Å². The molecule has 1 saturated carbocycles. The number of aryl methyl sites for hydroxylation is 1. The first-order chi connectivity index (χ1) is 8.58. The van der Waals surface area contributed by atoms with Crippen LogP contribution in [0.2, 0.25) is 0 Å². The van der Waals surface area contributed by atoms with Crippen LogP contribution in [0, 0.1) is 12.8 Å². The number of hydrogen-bond donors (Lipinski definition) is 1. The third kappa shape index (κ3) is 3.35. The highest BCUT2D eigenvalue weighted by Gasteiger charge is 2.25. The zero-order valence-electron chi connectivity index (χ0n) is 10.4. The van der Waals surface area contributed by atoms with Crippen LogP contribution in [0.3, 0.4) is 0 Å². The van der Waals surface area contributed by atoms with Crippen molar-refractivity contribution in [2.45, 2.75) is 31.0 Å². The predicted octanol–water partition coefficient (Wildman–Crippen LogP) is 4.05. The van der Waals surface area contributed by atoms with E-state index in [1.165, 1.54) is 19.3 Å². The minimum absolute atomic E-state index is 0.0160. The van der Waals surface area contributed by atoms with Crippen molar-refractivity contribution in [3.05, 3.63) is 33.8 Å². The Morgan fingerprint density at radius 1 is 1.44 bits per heavy atom. The average molecular weight is 375 g/mol. The van der Waals surface area contributed by atoms with Crippen LogP contribution in [-0.4, -0.2) is 17.3 Å². The molecule has 1 aromatic carbocycles. The normalized spacial score (nSPS) is 23.1. The second kappa shape index (κ2) is 6.20. The van der Waals surface area contributed by atoms with Crippen LogP contribution >= 0.6 is 31.9 Å². The molecule has 2 nitrogen and oxygen atoms in total. The van der Waals surface area contributed by atoms with Crippen molar-refractivity contribution in [3.63, 3.8) is 0 Å². The smallest absolute Gasteiger partial charge is 0.251 e. The van der Waals surface area contributed by atoms with Crippen molar-refractivity contribution in [1.29, 1.82) is 0 Å². The molecule has 98 valence electrons. The predicted molar refractivity (Wildman–Crippen MR) is 81.3 cm³/mol. The van der Waals surface area contributed by atoms with Gasteiger partial charge >= 0.3 is 0 Å². The van der Waals surface area contributed by atoms with Gasteiger partial charge in [0.2, 0.25) is 0 Å². The number of amides is 1. The summed E-state index contributed by atoms with van der Waals surface area (Å²) in [4.78, 5) is 12.6. The molecule has 4 heteroatoms. The number of alkyl halides is 1. The summed E-state index contributed by atoms with van der Waals surface area (Å²) in [5.41, 5.74) is 1.86. The molecule has 1 fully saturated rings. The van der Waals surface area contributed by atoms with E-state index < -0.39 is 0 Å². The number of nitrogens with one attached hydrogen (secondary N) is 1. The highest BCUT2D eigenvalue weighted by Crippen LogP contribution is 2.30. The molecule has 0 saturated heterocycles. The first kappa shape index (κ1) is 14.1. The Kier molecular flexibility index (Phi) is 4.84. The van der Waals surface area contributed by atoms with E-state index in [0.29, 0.717) is 10.7 Å². The van der Waals surface area contributed by atoms with Gasteiger partial charge in [0.1, 0.15) is 0 Å². The maximum Gasteiger partial charge on any atom is 0.251 e. The fourth-order valence-electron chi connectivity index (χ4n) is 2.28. The molecule has 0 heterocycles. The molecule has 2 atom stereocenters. The van der Waals surface area contributed by atoms with E-state index in [1.54, 1.807) is 0 Å². The lowest BCUT2D eigenvalue weighted by atomic mass is 10.1. The maximum atomic E-state index is 12.0. The number of rotatable bonds is 3. The molecule has 0 aliphatic heterocycles. The summed E-state index contributed by atoms with van der Waals surface area (Å²) in [6, 6.07) is 5.71. The van der Waals surface area contributed by atoms with Crippen LogP contribution in [0.15, 0.2) is 22.7 Å². The van der Waals surface area contributed by atoms with Gasteiger partial charge in [0.15, 0.2) is 0 Å². The van der Waals surface area contributed by atoms with Crippen LogP contribution in [0.1, 0.15) is 35.2 Å². The van der Waals surface area contributed by atoms with E-state index in [2.05, 4.69) is 37.2 Å². The number of carbonyl (C=O) groups excluding carboxylic acids is 1. The van der Waals surface area contributed by atoms with Crippen LogP contribution in [-0.2, 0) is 0 Å². The standard InChI is InChI=1S/C14H17Br2NO/c1-9-5-6-10(7-13(9)16)14(18)17-8-11-3-2-4-12(11)15/h5-7,11-12H,2-4,8H2,1H3,(H,17,18). The largest absolute Gasteiger partial charge is 0.352 e. The van der Waals surface area contributed by atoms with Gasteiger partial charge in [-0.1, -0.05) is 44.3 Å². The topological polar surface area (TPSA) is 29.1 Å². The Morgan fingerprint density at radius 3 is 2.83 bits per heavy atom. The Hall–Kier alpha value is -0.350. The van der Waals surface area contributed by atoms with Gasteiger partial charge in [-0.3, -0.25) is 4.79 Å². The fraction of sp³-hybridized carbons (Fsp3) is 0.500. The number of hydrogen-bond acceptors (Lipinski definition) is 1. The zero-order valence-corrected chi connectivity index (χ0v) is 13.6. The van der Waals surface area contributed by atoms with E-state index in [1.807, 2.05) is 25.1 Å². The SMILES string of the molecule is Cc1ccc(C(=O)NCC2CCCC2Br)cc1Br. The van der Waals surface area contributed by atoms with E-state index >= 15 is 0 Å². The summed E-state index contributed by atoms with van der Waals surface area (Å²) in [7, 11) is 0. The summed E-state index contributed by atoms with van der Waals surface area (Å²) in [6.45, 7) is 2.78. The van der Waals surface area contributed by atoms with Gasteiger partial charge in [0.25, 0.3) is 5.91 Å². The Balaban J connectivity index is 1.93. The fourth-order valence-corrected chi connectivity index (χ4v) is 3.44. The van der Waals surface area contributed by atoms with Crippen molar-refractivity contribution in [2.24, 2.45) is 5.92 Å². The van der Waals surface area contributed by atoms with Gasteiger partial charge in [-0.2, -0.15) is 0 Å². The van der Waals surface area contributed by atoms with E-state index in [0.717, 1.165) is 22.1 Å². The van der Waals surface area contributed by atoms with Gasteiger partial charge in [-0.05, 0) is 43.4 Å². The molecule has 1 aliphatic carbocycles. The molecule has 18 heavy (non-hydrogen) atoms. The molecule has 1 aliphatic rings. The summed E-state index contributed by atoms with van der Waals surface area (Å²) in [5.74, 6) is 0.588. The Labute approximate surface area is 125 Å². The van der Waals surface area contributed by atoms with E-state index in [4.69, 9.17) is 0 Å². The second-order valence-corrected chi connectivity index (χ2v) is 6.91. The molecule has 2 rings (SSSR count). The Bertz CT molecular complexity index is 447. The van der Waals surface area contributed by atoms with Crippen LogP contribution in [0.4, 0.5) is 0 Å². The monoisotopic (exact) mass is 373 g/mol. The van der Waals surface area contributed by atoms with Crippen molar-refractivity contribution in [3.8, 4) is 0 Å². The van der Waals surface area contributed by atoms with Gasteiger partial charge in [0, 0.05) is 21.4 Å². The van der Waals surface area contributed by atoms with E-state index in [9.17, 15) is 4.79 Å². The lowest BCUT2D eigenvalue weighted by Gasteiger charge is -2.15.